The van der Waals surface area contributed by atoms with Crippen molar-refractivity contribution in [3.63, 3.8) is 0 Å². The summed E-state index contributed by atoms with van der Waals surface area (Å²) in [6.07, 6.45) is 9.58. The van der Waals surface area contributed by atoms with Gasteiger partial charge in [0.05, 0.1) is 30.7 Å². The van der Waals surface area contributed by atoms with Gasteiger partial charge >= 0.3 is 0 Å². The number of piperazine rings is 1. The molecule has 4 aliphatic heterocycles. The van der Waals surface area contributed by atoms with Crippen LogP contribution < -0.4 is 20.3 Å². The van der Waals surface area contributed by atoms with E-state index in [1.807, 2.05) is 36.7 Å². The summed E-state index contributed by atoms with van der Waals surface area (Å²) < 4.78 is 5.16. The van der Waals surface area contributed by atoms with Gasteiger partial charge in [-0.25, -0.2) is 9.97 Å². The number of nitriles is 1. The Kier molecular flexibility index (Phi) is 7.16. The predicted octanol–water partition coefficient (Wildman–Crippen LogP) is 1.79. The zero-order valence-corrected chi connectivity index (χ0v) is 20.7. The summed E-state index contributed by atoms with van der Waals surface area (Å²) in [6.45, 7) is 3.15. The minimum Gasteiger partial charge on any atom is -0.481 e. The molecule has 0 spiro atoms. The van der Waals surface area contributed by atoms with Crippen molar-refractivity contribution in [2.45, 2.75) is 25.0 Å². The Hall–Kier alpha value is -4.20. The van der Waals surface area contributed by atoms with Gasteiger partial charge in [-0.1, -0.05) is 6.07 Å². The van der Waals surface area contributed by atoms with Gasteiger partial charge in [-0.05, 0) is 30.2 Å². The fourth-order valence-electron chi connectivity index (χ4n) is 5.11. The van der Waals surface area contributed by atoms with Crippen molar-refractivity contribution in [1.29, 1.82) is 10.7 Å². The molecule has 37 heavy (non-hydrogen) atoms. The lowest BCUT2D eigenvalue weighted by Crippen LogP contribution is -2.68. The molecule has 3 saturated heterocycles. The molecular weight excluding hydrogens is 468 g/mol. The average molecular weight is 499 g/mol. The lowest BCUT2D eigenvalue weighted by atomic mass is 9.87. The number of piperidine rings is 1. The summed E-state index contributed by atoms with van der Waals surface area (Å²) in [5.41, 5.74) is 4.37. The molecule has 0 amide bonds. The number of anilines is 1. The van der Waals surface area contributed by atoms with E-state index in [0.717, 1.165) is 48.5 Å². The SMILES string of the molecule is COc1ccc(CN2C3CC2CN(c2ccc(C4=CC(NCCO)=CN/C4=C(/C#N)C=N)cn2)C3)cn1. The molecule has 2 aromatic rings. The zero-order chi connectivity index (χ0) is 25.8. The third kappa shape index (κ3) is 5.05. The fourth-order valence-corrected chi connectivity index (χ4v) is 5.11. The van der Waals surface area contributed by atoms with Gasteiger partial charge in [-0.2, -0.15) is 5.26 Å². The number of rotatable bonds is 9. The Morgan fingerprint density at radius 3 is 2.73 bits per heavy atom. The van der Waals surface area contributed by atoms with Crippen LogP contribution >= 0.6 is 0 Å². The molecule has 0 saturated carbocycles. The number of aromatic nitrogens is 2. The third-order valence-corrected chi connectivity index (χ3v) is 7.02. The lowest BCUT2D eigenvalue weighted by molar-refractivity contribution is -0.00877. The van der Waals surface area contributed by atoms with Gasteiger partial charge in [-0.3, -0.25) is 4.90 Å². The highest BCUT2D eigenvalue weighted by Gasteiger charge is 2.44. The maximum atomic E-state index is 9.50. The van der Waals surface area contributed by atoms with Crippen LogP contribution in [0, 0.1) is 16.7 Å². The van der Waals surface area contributed by atoms with Crippen LogP contribution in [-0.4, -0.2) is 71.6 Å². The van der Waals surface area contributed by atoms with E-state index >= 15 is 0 Å². The molecule has 0 aliphatic carbocycles. The van der Waals surface area contributed by atoms with Gasteiger partial charge in [0.1, 0.15) is 11.9 Å². The Labute approximate surface area is 216 Å². The van der Waals surface area contributed by atoms with Crippen LogP contribution in [0.15, 0.2) is 65.9 Å². The van der Waals surface area contributed by atoms with Gasteiger partial charge in [0.2, 0.25) is 5.88 Å². The molecule has 4 N–H and O–H groups in total. The molecule has 6 rings (SSSR count). The highest BCUT2D eigenvalue weighted by atomic mass is 16.5. The molecule has 10 nitrogen and oxygen atoms in total. The highest BCUT2D eigenvalue weighted by Crippen LogP contribution is 2.36. The van der Waals surface area contributed by atoms with Crippen LogP contribution in [0.5, 0.6) is 5.88 Å². The van der Waals surface area contributed by atoms with Gasteiger partial charge in [0, 0.05) is 80.3 Å². The van der Waals surface area contributed by atoms with Crippen LogP contribution in [-0.2, 0) is 6.54 Å². The lowest BCUT2D eigenvalue weighted by Gasteiger charge is -2.56. The molecule has 4 aliphatic rings. The van der Waals surface area contributed by atoms with Crippen LogP contribution in [0.1, 0.15) is 17.5 Å². The van der Waals surface area contributed by atoms with Crippen molar-refractivity contribution in [2.24, 2.45) is 0 Å². The van der Waals surface area contributed by atoms with Crippen molar-refractivity contribution in [3.8, 4) is 11.9 Å². The molecule has 10 heteroatoms. The van der Waals surface area contributed by atoms with Gasteiger partial charge in [-0.15, -0.1) is 0 Å². The summed E-state index contributed by atoms with van der Waals surface area (Å²) in [5.74, 6) is 1.56. The smallest absolute Gasteiger partial charge is 0.212 e. The minimum absolute atomic E-state index is 0.00957. The fraction of sp³-hybridized carbons (Fsp3) is 0.333. The van der Waals surface area contributed by atoms with Gasteiger partial charge in [0.25, 0.3) is 0 Å². The number of hydrogen-bond acceptors (Lipinski definition) is 10. The first kappa shape index (κ1) is 24.5. The second-order valence-electron chi connectivity index (χ2n) is 9.23. The van der Waals surface area contributed by atoms with Gasteiger partial charge in [0.15, 0.2) is 0 Å². The van der Waals surface area contributed by atoms with E-state index in [1.165, 1.54) is 12.0 Å². The summed E-state index contributed by atoms with van der Waals surface area (Å²) in [7, 11) is 1.63. The van der Waals surface area contributed by atoms with Crippen LogP contribution in [0.3, 0.4) is 0 Å². The van der Waals surface area contributed by atoms with E-state index in [0.29, 0.717) is 30.2 Å². The quantitative estimate of drug-likeness (QED) is 0.302. The Morgan fingerprint density at radius 2 is 2.11 bits per heavy atom. The molecule has 0 aromatic carbocycles. The molecule has 2 atom stereocenters. The number of fused-ring (bicyclic) bond motifs is 2. The van der Waals surface area contributed by atoms with Crippen LogP contribution in [0.25, 0.3) is 5.57 Å². The number of nitrogens with one attached hydrogen (secondary N) is 3. The van der Waals surface area contributed by atoms with Crippen molar-refractivity contribution in [1.82, 2.24) is 25.5 Å². The Bertz CT molecular complexity index is 1260. The number of aliphatic hydroxyl groups excluding tert-OH is 1. The number of methoxy groups -OCH3 is 1. The topological polar surface area (TPSA) is 133 Å². The van der Waals surface area contributed by atoms with Crippen molar-refractivity contribution < 1.29 is 9.84 Å². The molecule has 190 valence electrons. The molecule has 2 bridgehead atoms. The molecule has 6 heterocycles. The molecule has 3 fully saturated rings. The Morgan fingerprint density at radius 1 is 1.27 bits per heavy atom. The van der Waals surface area contributed by atoms with E-state index in [-0.39, 0.29) is 12.2 Å². The van der Waals surface area contributed by atoms with E-state index < -0.39 is 0 Å². The molecule has 2 aromatic heterocycles. The third-order valence-electron chi connectivity index (χ3n) is 7.02. The maximum absolute atomic E-state index is 9.50. The van der Waals surface area contributed by atoms with Crippen LogP contribution in [0.4, 0.5) is 5.82 Å². The Balaban J connectivity index is 1.29. The number of pyridine rings is 2. The minimum atomic E-state index is 0.00957. The number of allylic oxidation sites excluding steroid dienone is 3. The largest absolute Gasteiger partial charge is 0.481 e. The molecule has 0 radical (unpaired) electrons. The first-order valence-corrected chi connectivity index (χ1v) is 12.3. The molecular formula is C27H30N8O2. The summed E-state index contributed by atoms with van der Waals surface area (Å²) in [5, 5.41) is 32.5. The number of dihydropyridines is 1. The first-order valence-electron chi connectivity index (χ1n) is 12.3. The number of ether oxygens (including phenoxy) is 1. The van der Waals surface area contributed by atoms with E-state index in [9.17, 15) is 5.26 Å². The molecule has 2 unspecified atom stereocenters. The summed E-state index contributed by atoms with van der Waals surface area (Å²) >= 11 is 0. The first-order chi connectivity index (χ1) is 18.1. The van der Waals surface area contributed by atoms with Crippen molar-refractivity contribution in [3.05, 3.63) is 77.0 Å². The second kappa shape index (κ2) is 10.8. The average Bonchev–Trinajstić information content (AvgIpc) is 2.96. The van der Waals surface area contributed by atoms with Gasteiger partial charge < -0.3 is 30.8 Å². The van der Waals surface area contributed by atoms with Crippen molar-refractivity contribution in [2.75, 3.05) is 38.3 Å². The van der Waals surface area contributed by atoms with Crippen LogP contribution in [0.2, 0.25) is 0 Å². The standard InChI is InChI=1S/C27H30N8O2/c1-37-26-5-2-18(12-32-26)15-35-22-9-23(35)17-34(16-22)25-4-3-19(13-31-25)24-8-21(30-6-7-36)14-33-27(24)20(10-28)11-29/h2-5,8,10,12-14,22-23,28,30,33,36H,6-7,9,15-17H2,1H3/b27-20+,28-10?. The monoisotopic (exact) mass is 498 g/mol. The maximum Gasteiger partial charge on any atom is 0.212 e. The number of hydrogen-bond donors (Lipinski definition) is 4. The predicted molar refractivity (Wildman–Crippen MR) is 141 cm³/mol. The number of aliphatic hydroxyl groups is 1. The normalized spacial score (nSPS) is 22.0. The zero-order valence-electron chi connectivity index (χ0n) is 20.7. The summed E-state index contributed by atoms with van der Waals surface area (Å²) in [4.78, 5) is 14.0. The van der Waals surface area contributed by atoms with E-state index in [1.54, 1.807) is 13.3 Å². The van der Waals surface area contributed by atoms with E-state index in [2.05, 4.69) is 37.6 Å². The van der Waals surface area contributed by atoms with Crippen molar-refractivity contribution >= 4 is 17.6 Å². The highest BCUT2D eigenvalue weighted by molar-refractivity contribution is 5.93. The van der Waals surface area contributed by atoms with E-state index in [4.69, 9.17) is 20.2 Å². The summed E-state index contributed by atoms with van der Waals surface area (Å²) in [6, 6.07) is 11.1. The number of nitrogens with zero attached hydrogens (tertiary/aromatic N) is 5. The second-order valence-corrected chi connectivity index (χ2v) is 9.23.